The summed E-state index contributed by atoms with van der Waals surface area (Å²) in [5.74, 6) is -0.664. The van der Waals surface area contributed by atoms with Crippen molar-refractivity contribution in [2.45, 2.75) is 4.90 Å². The fourth-order valence-corrected chi connectivity index (χ4v) is 3.46. The van der Waals surface area contributed by atoms with E-state index in [1.54, 1.807) is 60.7 Å². The minimum atomic E-state index is -0.584. The van der Waals surface area contributed by atoms with Gasteiger partial charge in [-0.15, -0.1) is 11.8 Å². The zero-order valence-corrected chi connectivity index (χ0v) is 15.9. The number of carbonyl (C=O) groups is 3. The molecule has 0 saturated heterocycles. The van der Waals surface area contributed by atoms with Crippen LogP contribution in [0.15, 0.2) is 89.8 Å². The van der Waals surface area contributed by atoms with E-state index in [9.17, 15) is 14.4 Å². The molecule has 3 aromatic carbocycles. The van der Waals surface area contributed by atoms with Gasteiger partial charge in [-0.25, -0.2) is 4.79 Å². The van der Waals surface area contributed by atoms with Crippen molar-refractivity contribution in [3.63, 3.8) is 0 Å². The van der Waals surface area contributed by atoms with Crippen molar-refractivity contribution in [3.05, 3.63) is 102 Å². The van der Waals surface area contributed by atoms with Crippen LogP contribution in [0.25, 0.3) is 0 Å². The summed E-state index contributed by atoms with van der Waals surface area (Å²) in [6.45, 7) is -0.329. The lowest BCUT2D eigenvalue weighted by atomic mass is 10.1. The van der Waals surface area contributed by atoms with Crippen molar-refractivity contribution >= 4 is 29.3 Å². The van der Waals surface area contributed by atoms with E-state index in [4.69, 9.17) is 4.74 Å². The van der Waals surface area contributed by atoms with Crippen LogP contribution >= 0.6 is 11.8 Å². The molecule has 0 heterocycles. The van der Waals surface area contributed by atoms with Crippen molar-refractivity contribution in [2.75, 3.05) is 12.4 Å². The van der Waals surface area contributed by atoms with Crippen LogP contribution in [0.5, 0.6) is 0 Å². The SMILES string of the molecule is O=C(COC(=O)c1ccccc1SCC(=O)c1ccccc1)c1ccccc1. The molecule has 28 heavy (non-hydrogen) atoms. The fourth-order valence-electron chi connectivity index (χ4n) is 2.53. The summed E-state index contributed by atoms with van der Waals surface area (Å²) >= 11 is 1.27. The Kier molecular flexibility index (Phi) is 6.76. The third-order valence-corrected chi connectivity index (χ3v) is 5.07. The Balaban J connectivity index is 1.62. The molecule has 0 fully saturated rings. The van der Waals surface area contributed by atoms with Crippen LogP contribution in [0.4, 0.5) is 0 Å². The number of ketones is 2. The molecule has 5 heteroatoms. The first kappa shape index (κ1) is 19.6. The summed E-state index contributed by atoms with van der Waals surface area (Å²) in [7, 11) is 0. The first-order valence-corrected chi connectivity index (χ1v) is 9.69. The topological polar surface area (TPSA) is 60.4 Å². The lowest BCUT2D eigenvalue weighted by molar-refractivity contribution is 0.0471. The molecule has 0 saturated carbocycles. The zero-order valence-electron chi connectivity index (χ0n) is 15.0. The van der Waals surface area contributed by atoms with Crippen LogP contribution in [0.1, 0.15) is 31.1 Å². The molecule has 0 bridgehead atoms. The minimum absolute atomic E-state index is 0.0203. The highest BCUT2D eigenvalue weighted by molar-refractivity contribution is 8.00. The molecule has 0 amide bonds. The summed E-state index contributed by atoms with van der Waals surface area (Å²) in [5.41, 5.74) is 1.46. The third-order valence-electron chi connectivity index (χ3n) is 3.99. The number of Topliss-reactive ketones (excluding diaryl/α,β-unsaturated/α-hetero) is 2. The number of thioether (sulfide) groups is 1. The van der Waals surface area contributed by atoms with Gasteiger partial charge in [0.05, 0.1) is 11.3 Å². The lowest BCUT2D eigenvalue weighted by Gasteiger charge is -2.09. The Morgan fingerprint density at radius 2 is 1.21 bits per heavy atom. The van der Waals surface area contributed by atoms with Crippen molar-refractivity contribution in [1.29, 1.82) is 0 Å². The van der Waals surface area contributed by atoms with E-state index >= 15 is 0 Å². The van der Waals surface area contributed by atoms with Gasteiger partial charge < -0.3 is 4.74 Å². The lowest BCUT2D eigenvalue weighted by Crippen LogP contribution is -2.15. The molecule has 0 spiro atoms. The molecule has 0 atom stereocenters. The largest absolute Gasteiger partial charge is 0.454 e. The van der Waals surface area contributed by atoms with Gasteiger partial charge in [0.2, 0.25) is 0 Å². The first-order chi connectivity index (χ1) is 13.6. The first-order valence-electron chi connectivity index (χ1n) is 8.70. The van der Waals surface area contributed by atoms with Gasteiger partial charge in [0, 0.05) is 16.0 Å². The standard InChI is InChI=1S/C23H18O4S/c24-20(17-9-3-1-4-10-17)15-27-23(26)19-13-7-8-14-22(19)28-16-21(25)18-11-5-2-6-12-18/h1-14H,15-16H2. The van der Waals surface area contributed by atoms with Gasteiger partial charge in [0.25, 0.3) is 0 Å². The highest BCUT2D eigenvalue weighted by Gasteiger charge is 2.16. The molecule has 0 aliphatic heterocycles. The number of benzene rings is 3. The average Bonchev–Trinajstić information content (AvgIpc) is 2.77. The molecular weight excluding hydrogens is 372 g/mol. The molecule has 0 radical (unpaired) electrons. The van der Waals surface area contributed by atoms with Crippen LogP contribution in [0, 0.1) is 0 Å². The monoisotopic (exact) mass is 390 g/mol. The van der Waals surface area contributed by atoms with E-state index in [1.807, 2.05) is 24.3 Å². The molecule has 0 aliphatic rings. The molecule has 0 unspecified atom stereocenters. The number of hydrogen-bond donors (Lipinski definition) is 0. The van der Waals surface area contributed by atoms with E-state index < -0.39 is 5.97 Å². The number of carbonyl (C=O) groups excluding carboxylic acids is 3. The minimum Gasteiger partial charge on any atom is -0.454 e. The highest BCUT2D eigenvalue weighted by Crippen LogP contribution is 2.24. The Hall–Kier alpha value is -3.18. The summed E-state index contributed by atoms with van der Waals surface area (Å²) in [6.07, 6.45) is 0. The third kappa shape index (κ3) is 5.18. The maximum atomic E-state index is 12.4. The van der Waals surface area contributed by atoms with Crippen molar-refractivity contribution in [2.24, 2.45) is 0 Å². The van der Waals surface area contributed by atoms with Gasteiger partial charge in [-0.3, -0.25) is 9.59 Å². The second-order valence-electron chi connectivity index (χ2n) is 5.94. The quantitative estimate of drug-likeness (QED) is 0.317. The van der Waals surface area contributed by atoms with E-state index in [2.05, 4.69) is 0 Å². The van der Waals surface area contributed by atoms with Gasteiger partial charge in [-0.2, -0.15) is 0 Å². The van der Waals surface area contributed by atoms with E-state index in [0.717, 1.165) is 0 Å². The fraction of sp³-hybridized carbons (Fsp3) is 0.0870. The average molecular weight is 390 g/mol. The maximum absolute atomic E-state index is 12.4. The molecule has 0 N–H and O–H groups in total. The predicted molar refractivity (Wildman–Crippen MR) is 109 cm³/mol. The second kappa shape index (κ2) is 9.67. The van der Waals surface area contributed by atoms with Gasteiger partial charge >= 0.3 is 5.97 Å². The van der Waals surface area contributed by atoms with Crippen LogP contribution in [-0.2, 0) is 4.74 Å². The Labute approximate surface area is 167 Å². The van der Waals surface area contributed by atoms with Crippen LogP contribution in [0.3, 0.4) is 0 Å². The maximum Gasteiger partial charge on any atom is 0.339 e. The summed E-state index contributed by atoms with van der Waals surface area (Å²) in [6, 6.07) is 24.6. The summed E-state index contributed by atoms with van der Waals surface area (Å²) in [4.78, 5) is 37.5. The molecule has 0 aromatic heterocycles. The zero-order chi connectivity index (χ0) is 19.8. The number of esters is 1. The molecule has 4 nitrogen and oxygen atoms in total. The van der Waals surface area contributed by atoms with Gasteiger partial charge in [-0.1, -0.05) is 72.8 Å². The van der Waals surface area contributed by atoms with E-state index in [-0.39, 0.29) is 23.9 Å². The Bertz CT molecular complexity index is 968. The van der Waals surface area contributed by atoms with Crippen molar-refractivity contribution in [1.82, 2.24) is 0 Å². The normalized spacial score (nSPS) is 10.3. The Morgan fingerprint density at radius 3 is 1.86 bits per heavy atom. The number of ether oxygens (including phenoxy) is 1. The van der Waals surface area contributed by atoms with Gasteiger partial charge in [0.1, 0.15) is 0 Å². The van der Waals surface area contributed by atoms with Crippen molar-refractivity contribution in [3.8, 4) is 0 Å². The number of hydrogen-bond acceptors (Lipinski definition) is 5. The molecule has 3 rings (SSSR count). The Morgan fingerprint density at radius 1 is 0.679 bits per heavy atom. The smallest absolute Gasteiger partial charge is 0.339 e. The predicted octanol–water partition coefficient (Wildman–Crippen LogP) is 4.70. The molecule has 140 valence electrons. The van der Waals surface area contributed by atoms with Crippen LogP contribution in [-0.4, -0.2) is 29.9 Å². The van der Waals surface area contributed by atoms with Gasteiger partial charge in [0.15, 0.2) is 18.2 Å². The molecule has 3 aromatic rings. The van der Waals surface area contributed by atoms with Gasteiger partial charge in [-0.05, 0) is 12.1 Å². The van der Waals surface area contributed by atoms with E-state index in [1.165, 1.54) is 11.8 Å². The second-order valence-corrected chi connectivity index (χ2v) is 6.96. The number of rotatable bonds is 8. The molecule has 0 aliphatic carbocycles. The highest BCUT2D eigenvalue weighted by atomic mass is 32.2. The molecular formula is C23H18O4S. The van der Waals surface area contributed by atoms with Crippen LogP contribution in [0.2, 0.25) is 0 Å². The van der Waals surface area contributed by atoms with Crippen molar-refractivity contribution < 1.29 is 19.1 Å². The van der Waals surface area contributed by atoms with E-state index in [0.29, 0.717) is 21.6 Å². The summed E-state index contributed by atoms with van der Waals surface area (Å²) in [5, 5.41) is 0. The van der Waals surface area contributed by atoms with Crippen LogP contribution < -0.4 is 0 Å². The summed E-state index contributed by atoms with van der Waals surface area (Å²) < 4.78 is 5.19.